The molecule has 2 bridgehead atoms. The molecule has 5 nitrogen and oxygen atoms in total. The van der Waals surface area contributed by atoms with E-state index < -0.39 is 7.12 Å². The number of rotatable bonds is 5. The first-order chi connectivity index (χ1) is 13.0. The Hall–Kier alpha value is -1.37. The maximum absolute atomic E-state index is 11.9. The molecule has 3 N–H and O–H groups in total. The molecule has 5 atom stereocenters. The molecule has 0 aromatic heterocycles. The van der Waals surface area contributed by atoms with Crippen molar-refractivity contribution in [1.29, 1.82) is 0 Å². The van der Waals surface area contributed by atoms with Gasteiger partial charge in [0.25, 0.3) is 0 Å². The van der Waals surface area contributed by atoms with Crippen LogP contribution in [0.1, 0.15) is 46.1 Å². The standard InChI is InChI=1S/C19H27BN2O3.C2H6/c1-19(2)13-9-14(19)18-15(10-13)24-20(25-18)16(22-17(23)11-21)8-12-6-4-3-5-7-12;1-2/h3-7,13-16,18H,8-11,21H2,1-2H3,(H,22,23);1-2H3. The summed E-state index contributed by atoms with van der Waals surface area (Å²) in [4.78, 5) is 11.9. The van der Waals surface area contributed by atoms with Crippen LogP contribution in [0.2, 0.25) is 0 Å². The molecule has 4 aliphatic rings. The lowest BCUT2D eigenvalue weighted by molar-refractivity contribution is -0.150. The van der Waals surface area contributed by atoms with Crippen LogP contribution in [0, 0.1) is 17.3 Å². The minimum absolute atomic E-state index is 0.0252. The minimum atomic E-state index is -0.402. The van der Waals surface area contributed by atoms with E-state index in [-0.39, 0.29) is 30.6 Å². The van der Waals surface area contributed by atoms with Gasteiger partial charge in [0.15, 0.2) is 0 Å². The lowest BCUT2D eigenvalue weighted by atomic mass is 9.47. The SMILES string of the molecule is CC.CC1(C)C2CC3OB(C(Cc4ccccc4)NC(=O)CN)OC3C1C2. The third-order valence-electron chi connectivity index (χ3n) is 6.59. The molecular weight excluding hydrogens is 339 g/mol. The summed E-state index contributed by atoms with van der Waals surface area (Å²) in [5.74, 6) is 0.896. The third-order valence-corrected chi connectivity index (χ3v) is 6.59. The van der Waals surface area contributed by atoms with Crippen molar-refractivity contribution >= 4 is 13.0 Å². The number of carbonyl (C=O) groups is 1. The Kier molecular flexibility index (Phi) is 6.29. The number of hydrogen-bond donors (Lipinski definition) is 2. The van der Waals surface area contributed by atoms with Gasteiger partial charge < -0.3 is 20.4 Å². The predicted octanol–water partition coefficient (Wildman–Crippen LogP) is 2.58. The van der Waals surface area contributed by atoms with E-state index in [1.165, 1.54) is 6.42 Å². The zero-order valence-electron chi connectivity index (χ0n) is 17.0. The summed E-state index contributed by atoms with van der Waals surface area (Å²) < 4.78 is 12.6. The van der Waals surface area contributed by atoms with Crippen molar-refractivity contribution in [2.24, 2.45) is 23.0 Å². The fourth-order valence-corrected chi connectivity index (χ4v) is 4.90. The van der Waals surface area contributed by atoms with E-state index in [2.05, 4.69) is 31.3 Å². The van der Waals surface area contributed by atoms with Crippen LogP contribution >= 0.6 is 0 Å². The number of nitrogens with two attached hydrogens (primary N) is 1. The smallest absolute Gasteiger partial charge is 0.404 e. The van der Waals surface area contributed by atoms with Crippen molar-refractivity contribution in [1.82, 2.24) is 5.32 Å². The van der Waals surface area contributed by atoms with Crippen LogP contribution in [0.5, 0.6) is 0 Å². The number of carbonyl (C=O) groups excluding carboxylic acids is 1. The first-order valence-electron chi connectivity index (χ1n) is 10.3. The van der Waals surface area contributed by atoms with Crippen LogP contribution in [0.15, 0.2) is 30.3 Å². The molecule has 1 aliphatic heterocycles. The van der Waals surface area contributed by atoms with Crippen molar-refractivity contribution in [3.05, 3.63) is 35.9 Å². The second-order valence-corrected chi connectivity index (χ2v) is 8.31. The highest BCUT2D eigenvalue weighted by Crippen LogP contribution is 2.61. The average molecular weight is 372 g/mol. The Morgan fingerprint density at radius 3 is 2.59 bits per heavy atom. The van der Waals surface area contributed by atoms with Gasteiger partial charge in [-0.15, -0.1) is 0 Å². The predicted molar refractivity (Wildman–Crippen MR) is 108 cm³/mol. The zero-order chi connectivity index (χ0) is 19.6. The monoisotopic (exact) mass is 372 g/mol. The molecule has 6 heteroatoms. The molecule has 5 rings (SSSR count). The highest BCUT2D eigenvalue weighted by atomic mass is 16.7. The second kappa shape index (κ2) is 8.33. The molecule has 1 aromatic rings. The fourth-order valence-electron chi connectivity index (χ4n) is 4.90. The van der Waals surface area contributed by atoms with Crippen LogP contribution in [0.3, 0.4) is 0 Å². The average Bonchev–Trinajstić information content (AvgIpc) is 3.13. The summed E-state index contributed by atoms with van der Waals surface area (Å²) in [6, 6.07) is 10.1. The van der Waals surface area contributed by atoms with Gasteiger partial charge in [0.2, 0.25) is 5.91 Å². The van der Waals surface area contributed by atoms with E-state index in [1.54, 1.807) is 0 Å². The Balaban J connectivity index is 0.00000102. The first kappa shape index (κ1) is 20.4. The quantitative estimate of drug-likeness (QED) is 0.780. The van der Waals surface area contributed by atoms with E-state index >= 15 is 0 Å². The summed E-state index contributed by atoms with van der Waals surface area (Å²) >= 11 is 0. The molecule has 3 aliphatic carbocycles. The Bertz CT molecular complexity index is 640. The van der Waals surface area contributed by atoms with Crippen molar-refractivity contribution in [2.75, 3.05) is 6.54 Å². The molecule has 1 saturated heterocycles. The van der Waals surface area contributed by atoms with Gasteiger partial charge >= 0.3 is 7.12 Å². The van der Waals surface area contributed by atoms with Crippen LogP contribution in [0.25, 0.3) is 0 Å². The zero-order valence-corrected chi connectivity index (χ0v) is 17.0. The molecule has 5 unspecified atom stereocenters. The minimum Gasteiger partial charge on any atom is -0.404 e. The van der Waals surface area contributed by atoms with Gasteiger partial charge in [-0.25, -0.2) is 0 Å². The van der Waals surface area contributed by atoms with Gasteiger partial charge in [-0.1, -0.05) is 58.0 Å². The highest BCUT2D eigenvalue weighted by molar-refractivity contribution is 6.47. The molecule has 1 aromatic carbocycles. The van der Waals surface area contributed by atoms with Crippen molar-refractivity contribution in [2.45, 2.75) is 65.1 Å². The molecule has 148 valence electrons. The first-order valence-corrected chi connectivity index (χ1v) is 10.3. The summed E-state index contributed by atoms with van der Waals surface area (Å²) in [5, 5.41) is 3.00. The Labute approximate surface area is 163 Å². The maximum atomic E-state index is 11.9. The summed E-state index contributed by atoms with van der Waals surface area (Å²) in [6.45, 7) is 8.66. The summed E-state index contributed by atoms with van der Waals surface area (Å²) in [5.41, 5.74) is 6.99. The van der Waals surface area contributed by atoms with Crippen LogP contribution < -0.4 is 11.1 Å². The van der Waals surface area contributed by atoms with E-state index in [0.717, 1.165) is 17.9 Å². The number of hydrogen-bond acceptors (Lipinski definition) is 4. The Morgan fingerprint density at radius 2 is 1.96 bits per heavy atom. The van der Waals surface area contributed by atoms with Gasteiger partial charge in [0, 0.05) is 0 Å². The molecule has 3 saturated carbocycles. The van der Waals surface area contributed by atoms with Gasteiger partial charge in [0.05, 0.1) is 24.7 Å². The van der Waals surface area contributed by atoms with E-state index in [1.807, 2.05) is 32.0 Å². The van der Waals surface area contributed by atoms with Crippen molar-refractivity contribution in [3.8, 4) is 0 Å². The molecule has 1 amide bonds. The molecule has 0 radical (unpaired) electrons. The second-order valence-electron chi connectivity index (χ2n) is 8.31. The largest absolute Gasteiger partial charge is 0.481 e. The van der Waals surface area contributed by atoms with Gasteiger partial charge in [-0.3, -0.25) is 4.79 Å². The lowest BCUT2D eigenvalue weighted by Gasteiger charge is -2.60. The normalized spacial score (nSPS) is 31.1. The van der Waals surface area contributed by atoms with Crippen molar-refractivity contribution in [3.63, 3.8) is 0 Å². The lowest BCUT2D eigenvalue weighted by Crippen LogP contribution is -2.59. The van der Waals surface area contributed by atoms with Gasteiger partial charge in [0.1, 0.15) is 0 Å². The topological polar surface area (TPSA) is 73.6 Å². The third kappa shape index (κ3) is 3.93. The van der Waals surface area contributed by atoms with Gasteiger partial charge in [-0.2, -0.15) is 0 Å². The fraction of sp³-hybridized carbons (Fsp3) is 0.667. The van der Waals surface area contributed by atoms with Crippen LogP contribution in [-0.4, -0.2) is 37.7 Å². The van der Waals surface area contributed by atoms with Crippen molar-refractivity contribution < 1.29 is 14.1 Å². The highest BCUT2D eigenvalue weighted by Gasteiger charge is 2.62. The molecular formula is C21H33BN2O3. The number of benzene rings is 1. The molecule has 4 fully saturated rings. The Morgan fingerprint density at radius 1 is 1.26 bits per heavy atom. The number of amides is 1. The summed E-state index contributed by atoms with van der Waals surface area (Å²) in [7, 11) is -0.402. The van der Waals surface area contributed by atoms with E-state index in [0.29, 0.717) is 17.8 Å². The maximum Gasteiger partial charge on any atom is 0.481 e. The summed E-state index contributed by atoms with van der Waals surface area (Å²) in [6.07, 6.45) is 3.29. The molecule has 0 spiro atoms. The molecule has 1 heterocycles. The number of nitrogens with one attached hydrogen (secondary N) is 1. The van der Waals surface area contributed by atoms with E-state index in [9.17, 15) is 4.79 Å². The van der Waals surface area contributed by atoms with Gasteiger partial charge in [-0.05, 0) is 42.1 Å². The van der Waals surface area contributed by atoms with E-state index in [4.69, 9.17) is 15.0 Å². The van der Waals surface area contributed by atoms with Crippen LogP contribution in [0.4, 0.5) is 0 Å². The molecule has 27 heavy (non-hydrogen) atoms. The van der Waals surface area contributed by atoms with Crippen LogP contribution in [-0.2, 0) is 20.5 Å².